The van der Waals surface area contributed by atoms with Crippen LogP contribution in [-0.4, -0.2) is 45.5 Å². The highest BCUT2D eigenvalue weighted by atomic mass is 32.2. The van der Waals surface area contributed by atoms with Gasteiger partial charge < -0.3 is 9.64 Å². The van der Waals surface area contributed by atoms with Crippen LogP contribution >= 0.6 is 0 Å². The molecule has 144 valence electrons. The Morgan fingerprint density at radius 2 is 1.93 bits per heavy atom. The highest BCUT2D eigenvalue weighted by Crippen LogP contribution is 2.22. The van der Waals surface area contributed by atoms with Crippen LogP contribution in [0.5, 0.6) is 5.75 Å². The molecule has 0 atom stereocenters. The molecule has 0 heterocycles. The Balaban J connectivity index is 1.60. The molecule has 0 aromatic heterocycles. The number of carbonyl (C=O) groups excluding carboxylic acids is 1. The van der Waals surface area contributed by atoms with Crippen molar-refractivity contribution in [1.82, 2.24) is 9.62 Å². The highest BCUT2D eigenvalue weighted by Gasteiger charge is 2.28. The quantitative estimate of drug-likeness (QED) is 0.754. The molecular formula is C20H24N2O4S. The molecule has 0 radical (unpaired) electrons. The molecule has 1 N–H and O–H groups in total. The summed E-state index contributed by atoms with van der Waals surface area (Å²) < 4.78 is 33.0. The van der Waals surface area contributed by atoms with E-state index >= 15 is 0 Å². The minimum atomic E-state index is -3.58. The van der Waals surface area contributed by atoms with E-state index in [1.54, 1.807) is 19.2 Å². The van der Waals surface area contributed by atoms with Gasteiger partial charge in [-0.2, -0.15) is 0 Å². The lowest BCUT2D eigenvalue weighted by atomic mass is 10.2. The van der Waals surface area contributed by atoms with Crippen molar-refractivity contribution in [3.63, 3.8) is 0 Å². The average molecular weight is 388 g/mol. The van der Waals surface area contributed by atoms with Crippen molar-refractivity contribution in [2.75, 3.05) is 20.2 Å². The molecule has 1 amide bonds. The molecule has 0 saturated heterocycles. The monoisotopic (exact) mass is 388 g/mol. The van der Waals surface area contributed by atoms with E-state index < -0.39 is 10.0 Å². The number of hydrogen-bond donors (Lipinski definition) is 1. The van der Waals surface area contributed by atoms with Crippen LogP contribution in [0.2, 0.25) is 0 Å². The van der Waals surface area contributed by atoms with Crippen molar-refractivity contribution in [3.8, 4) is 5.75 Å². The van der Waals surface area contributed by atoms with Crippen LogP contribution in [0.15, 0.2) is 53.4 Å². The Kier molecular flexibility index (Phi) is 5.82. The van der Waals surface area contributed by atoms with Crippen molar-refractivity contribution in [2.24, 2.45) is 0 Å². The molecule has 2 aromatic rings. The Hall–Kier alpha value is -2.38. The Bertz CT molecular complexity index is 923. The van der Waals surface area contributed by atoms with Crippen LogP contribution in [-0.2, 0) is 10.0 Å². The van der Waals surface area contributed by atoms with E-state index in [1.807, 2.05) is 31.2 Å². The maximum absolute atomic E-state index is 12.6. The first kappa shape index (κ1) is 19.4. The van der Waals surface area contributed by atoms with Gasteiger partial charge in [0.05, 0.1) is 11.4 Å². The topological polar surface area (TPSA) is 75.7 Å². The third-order valence-corrected chi connectivity index (χ3v) is 5.84. The molecule has 2 aromatic carbocycles. The summed E-state index contributed by atoms with van der Waals surface area (Å²) in [6.45, 7) is 2.73. The number of nitrogens with zero attached hydrogens (tertiary/aromatic N) is 1. The molecule has 27 heavy (non-hydrogen) atoms. The van der Waals surface area contributed by atoms with Crippen molar-refractivity contribution < 1.29 is 17.9 Å². The lowest BCUT2D eigenvalue weighted by Gasteiger charge is -2.18. The number of nitrogens with one attached hydrogen (secondary N) is 1. The normalized spacial score (nSPS) is 14.0. The van der Waals surface area contributed by atoms with Gasteiger partial charge in [0, 0.05) is 18.7 Å². The Labute approximate surface area is 160 Å². The SMILES string of the molecule is Cc1cccc(OCCN(C)C(=O)c2cccc(S(=O)(=O)NC3CC3)c2)c1. The number of aryl methyl sites for hydroxylation is 1. The summed E-state index contributed by atoms with van der Waals surface area (Å²) in [6.07, 6.45) is 1.73. The molecular weight excluding hydrogens is 364 g/mol. The Morgan fingerprint density at radius 1 is 1.19 bits per heavy atom. The number of rotatable bonds is 8. The third-order valence-electron chi connectivity index (χ3n) is 4.32. The van der Waals surface area contributed by atoms with E-state index in [0.717, 1.165) is 24.2 Å². The van der Waals surface area contributed by atoms with Gasteiger partial charge in [-0.1, -0.05) is 18.2 Å². The fourth-order valence-corrected chi connectivity index (χ4v) is 3.96. The summed E-state index contributed by atoms with van der Waals surface area (Å²) in [5, 5.41) is 0. The number of hydrogen-bond acceptors (Lipinski definition) is 4. The van der Waals surface area contributed by atoms with E-state index in [-0.39, 0.29) is 16.8 Å². The van der Waals surface area contributed by atoms with Gasteiger partial charge in [-0.3, -0.25) is 4.79 Å². The summed E-state index contributed by atoms with van der Waals surface area (Å²) in [6, 6.07) is 13.9. The second kappa shape index (κ2) is 8.10. The molecule has 0 unspecified atom stereocenters. The summed E-state index contributed by atoms with van der Waals surface area (Å²) >= 11 is 0. The van der Waals surface area contributed by atoms with Gasteiger partial charge in [-0.05, 0) is 55.7 Å². The van der Waals surface area contributed by atoms with Crippen molar-refractivity contribution in [1.29, 1.82) is 0 Å². The molecule has 1 saturated carbocycles. The summed E-state index contributed by atoms with van der Waals surface area (Å²) in [5.74, 6) is 0.515. The van der Waals surface area contributed by atoms with E-state index in [2.05, 4.69) is 4.72 Å². The first-order chi connectivity index (χ1) is 12.8. The predicted molar refractivity (Wildman–Crippen MR) is 103 cm³/mol. The minimum Gasteiger partial charge on any atom is -0.492 e. The smallest absolute Gasteiger partial charge is 0.253 e. The third kappa shape index (κ3) is 5.30. The molecule has 0 bridgehead atoms. The number of carbonyl (C=O) groups is 1. The number of ether oxygens (including phenoxy) is 1. The van der Waals surface area contributed by atoms with Gasteiger partial charge >= 0.3 is 0 Å². The molecule has 1 aliphatic rings. The molecule has 6 nitrogen and oxygen atoms in total. The van der Waals surface area contributed by atoms with Crippen LogP contribution in [0.3, 0.4) is 0 Å². The van der Waals surface area contributed by atoms with Gasteiger partial charge in [0.25, 0.3) is 5.91 Å². The van der Waals surface area contributed by atoms with Crippen LogP contribution in [0, 0.1) is 6.92 Å². The summed E-state index contributed by atoms with van der Waals surface area (Å²) in [7, 11) is -1.91. The van der Waals surface area contributed by atoms with Gasteiger partial charge in [0.2, 0.25) is 10.0 Å². The lowest BCUT2D eigenvalue weighted by Crippen LogP contribution is -2.31. The number of amides is 1. The number of benzene rings is 2. The zero-order chi connectivity index (χ0) is 19.4. The zero-order valence-corrected chi connectivity index (χ0v) is 16.3. The highest BCUT2D eigenvalue weighted by molar-refractivity contribution is 7.89. The van der Waals surface area contributed by atoms with Gasteiger partial charge in [-0.15, -0.1) is 0 Å². The molecule has 0 aliphatic heterocycles. The van der Waals surface area contributed by atoms with E-state index in [9.17, 15) is 13.2 Å². The maximum Gasteiger partial charge on any atom is 0.253 e. The fraction of sp³-hybridized carbons (Fsp3) is 0.350. The van der Waals surface area contributed by atoms with Crippen molar-refractivity contribution in [3.05, 3.63) is 59.7 Å². The van der Waals surface area contributed by atoms with Crippen molar-refractivity contribution in [2.45, 2.75) is 30.7 Å². The maximum atomic E-state index is 12.6. The average Bonchev–Trinajstić information content (AvgIpc) is 3.44. The molecule has 0 spiro atoms. The van der Waals surface area contributed by atoms with Crippen LogP contribution in [0.1, 0.15) is 28.8 Å². The first-order valence-corrected chi connectivity index (χ1v) is 10.4. The number of sulfonamides is 1. The lowest BCUT2D eigenvalue weighted by molar-refractivity contribution is 0.0773. The van der Waals surface area contributed by atoms with Crippen molar-refractivity contribution >= 4 is 15.9 Å². The van der Waals surface area contributed by atoms with Gasteiger partial charge in [-0.25, -0.2) is 13.1 Å². The van der Waals surface area contributed by atoms with E-state index in [0.29, 0.717) is 18.7 Å². The van der Waals surface area contributed by atoms with Gasteiger partial charge in [0.1, 0.15) is 12.4 Å². The second-order valence-electron chi connectivity index (χ2n) is 6.82. The zero-order valence-electron chi connectivity index (χ0n) is 15.5. The Morgan fingerprint density at radius 3 is 2.63 bits per heavy atom. The fourth-order valence-electron chi connectivity index (χ4n) is 2.61. The summed E-state index contributed by atoms with van der Waals surface area (Å²) in [4.78, 5) is 14.2. The summed E-state index contributed by atoms with van der Waals surface area (Å²) in [5.41, 5.74) is 1.45. The predicted octanol–water partition coefficient (Wildman–Crippen LogP) is 2.59. The van der Waals surface area contributed by atoms with Crippen LogP contribution < -0.4 is 9.46 Å². The van der Waals surface area contributed by atoms with E-state index in [1.165, 1.54) is 17.0 Å². The second-order valence-corrected chi connectivity index (χ2v) is 8.53. The molecule has 7 heteroatoms. The van der Waals surface area contributed by atoms with E-state index in [4.69, 9.17) is 4.74 Å². The van der Waals surface area contributed by atoms with Gasteiger partial charge in [0.15, 0.2) is 0 Å². The largest absolute Gasteiger partial charge is 0.492 e. The van der Waals surface area contributed by atoms with Crippen LogP contribution in [0.4, 0.5) is 0 Å². The molecule has 3 rings (SSSR count). The molecule has 1 fully saturated rings. The standard InChI is InChI=1S/C20H24N2O4S/c1-15-5-3-7-18(13-15)26-12-11-22(2)20(23)16-6-4-8-19(14-16)27(24,25)21-17-9-10-17/h3-8,13-14,17,21H,9-12H2,1-2H3. The number of likely N-dealkylation sites (N-methyl/N-ethyl adjacent to an activating group) is 1. The molecule has 1 aliphatic carbocycles. The first-order valence-electron chi connectivity index (χ1n) is 8.92. The van der Waals surface area contributed by atoms with Crippen LogP contribution in [0.25, 0.3) is 0 Å². The minimum absolute atomic E-state index is 0.0239.